The smallest absolute Gasteiger partial charge is 0.301 e. The van der Waals surface area contributed by atoms with Gasteiger partial charge in [0.15, 0.2) is 4.34 Å². The van der Waals surface area contributed by atoms with Crippen molar-refractivity contribution < 1.29 is 14.7 Å². The Hall–Kier alpha value is -2.69. The van der Waals surface area contributed by atoms with Gasteiger partial charge in [-0.05, 0) is 59.7 Å². The molecule has 4 aromatic rings. The van der Waals surface area contributed by atoms with Crippen LogP contribution in [-0.4, -0.2) is 27.0 Å². The van der Waals surface area contributed by atoms with E-state index in [1.54, 1.807) is 36.4 Å². The molecule has 1 N–H and O–H groups in total. The van der Waals surface area contributed by atoms with Crippen LogP contribution in [0, 0.1) is 0 Å². The van der Waals surface area contributed by atoms with E-state index in [2.05, 4.69) is 26.1 Å². The molecule has 186 valence electrons. The van der Waals surface area contributed by atoms with E-state index in [1.807, 2.05) is 36.4 Å². The van der Waals surface area contributed by atoms with Gasteiger partial charge in [0.25, 0.3) is 5.78 Å². The van der Waals surface area contributed by atoms with Crippen molar-refractivity contribution in [3.8, 4) is 0 Å². The summed E-state index contributed by atoms with van der Waals surface area (Å²) in [6.45, 7) is 0. The summed E-state index contributed by atoms with van der Waals surface area (Å²) in [4.78, 5) is 27.9. The van der Waals surface area contributed by atoms with Crippen molar-refractivity contribution >= 4 is 84.8 Å². The summed E-state index contributed by atoms with van der Waals surface area (Å²) in [6.07, 6.45) is 0. The molecule has 3 aromatic carbocycles. The van der Waals surface area contributed by atoms with Crippen LogP contribution in [0.5, 0.6) is 0 Å². The molecule has 1 fully saturated rings. The van der Waals surface area contributed by atoms with Gasteiger partial charge in [-0.3, -0.25) is 14.5 Å². The van der Waals surface area contributed by atoms with Crippen LogP contribution in [-0.2, 0) is 15.3 Å². The fourth-order valence-electron chi connectivity index (χ4n) is 3.84. The zero-order valence-corrected chi connectivity index (χ0v) is 23.5. The van der Waals surface area contributed by atoms with Gasteiger partial charge in [0.05, 0.1) is 11.6 Å². The molecule has 0 spiro atoms. The fourth-order valence-corrected chi connectivity index (χ4v) is 6.18. The third-order valence-electron chi connectivity index (χ3n) is 5.63. The van der Waals surface area contributed by atoms with Gasteiger partial charge in [0.2, 0.25) is 5.13 Å². The predicted molar refractivity (Wildman–Crippen MR) is 151 cm³/mol. The Labute approximate surface area is 239 Å². The molecular formula is C26H16BrCl2N3O3S2. The number of hydrogen-bond donors (Lipinski definition) is 1. The minimum absolute atomic E-state index is 0.0276. The summed E-state index contributed by atoms with van der Waals surface area (Å²) in [5.41, 5.74) is 2.05. The average molecular weight is 633 g/mol. The number of carbonyl (C=O) groups is 2. The Morgan fingerprint density at radius 3 is 2.22 bits per heavy atom. The molecule has 11 heteroatoms. The first-order valence-corrected chi connectivity index (χ1v) is 14.2. The molecule has 1 atom stereocenters. The van der Waals surface area contributed by atoms with Gasteiger partial charge >= 0.3 is 5.91 Å². The minimum Gasteiger partial charge on any atom is -0.507 e. The maximum absolute atomic E-state index is 13.3. The maximum atomic E-state index is 13.3. The maximum Gasteiger partial charge on any atom is 0.301 e. The second kappa shape index (κ2) is 11.0. The average Bonchev–Trinajstić information content (AvgIpc) is 3.46. The van der Waals surface area contributed by atoms with Crippen molar-refractivity contribution in [1.82, 2.24) is 10.2 Å². The molecule has 1 unspecified atom stereocenters. The number of anilines is 1. The second-order valence-corrected chi connectivity index (χ2v) is 12.0. The summed E-state index contributed by atoms with van der Waals surface area (Å²) in [7, 11) is 0. The van der Waals surface area contributed by atoms with Crippen molar-refractivity contribution in [2.45, 2.75) is 16.1 Å². The molecule has 6 nitrogen and oxygen atoms in total. The number of nitrogens with zero attached hydrogens (tertiary/aromatic N) is 3. The molecule has 0 saturated carbocycles. The molecular weight excluding hydrogens is 617 g/mol. The van der Waals surface area contributed by atoms with Crippen LogP contribution in [0.25, 0.3) is 5.76 Å². The summed E-state index contributed by atoms with van der Waals surface area (Å²) in [5.74, 6) is -1.23. The Kier molecular flexibility index (Phi) is 7.69. The fraction of sp³-hybridized carbons (Fsp3) is 0.0769. The highest BCUT2D eigenvalue weighted by Gasteiger charge is 2.48. The first kappa shape index (κ1) is 25.9. The molecule has 2 heterocycles. The molecule has 37 heavy (non-hydrogen) atoms. The molecule has 0 aliphatic carbocycles. The molecule has 1 aliphatic rings. The Balaban J connectivity index is 1.53. The number of benzene rings is 3. The topological polar surface area (TPSA) is 83.4 Å². The number of hydrogen-bond acceptors (Lipinski definition) is 7. The highest BCUT2D eigenvalue weighted by molar-refractivity contribution is 9.10. The van der Waals surface area contributed by atoms with Crippen LogP contribution < -0.4 is 4.90 Å². The van der Waals surface area contributed by atoms with E-state index in [0.29, 0.717) is 31.3 Å². The van der Waals surface area contributed by atoms with Crippen LogP contribution >= 0.6 is 62.2 Å². The van der Waals surface area contributed by atoms with Crippen LogP contribution in [0.1, 0.15) is 22.7 Å². The zero-order chi connectivity index (χ0) is 26.1. The molecule has 1 amide bonds. The van der Waals surface area contributed by atoms with Crippen LogP contribution in [0.3, 0.4) is 0 Å². The highest BCUT2D eigenvalue weighted by Crippen LogP contribution is 2.44. The largest absolute Gasteiger partial charge is 0.507 e. The number of rotatable bonds is 6. The van der Waals surface area contributed by atoms with Gasteiger partial charge in [0.1, 0.15) is 5.76 Å². The first-order chi connectivity index (χ1) is 17.8. The van der Waals surface area contributed by atoms with Gasteiger partial charge in [0, 0.05) is 25.8 Å². The van der Waals surface area contributed by atoms with Crippen LogP contribution in [0.2, 0.25) is 10.0 Å². The molecule has 0 bridgehead atoms. The van der Waals surface area contributed by atoms with E-state index >= 15 is 0 Å². The predicted octanol–water partition coefficient (Wildman–Crippen LogP) is 7.53. The van der Waals surface area contributed by atoms with E-state index in [-0.39, 0.29) is 16.5 Å². The van der Waals surface area contributed by atoms with Gasteiger partial charge in [-0.2, -0.15) is 0 Å². The lowest BCUT2D eigenvalue weighted by Crippen LogP contribution is -2.29. The minimum atomic E-state index is -0.883. The van der Waals surface area contributed by atoms with E-state index in [1.165, 1.54) is 28.0 Å². The Morgan fingerprint density at radius 2 is 1.57 bits per heavy atom. The number of Topliss-reactive ketones (excluding diaryl/α,β-unsaturated/α-hetero) is 1. The number of thioether (sulfide) groups is 1. The van der Waals surface area contributed by atoms with Crippen LogP contribution in [0.4, 0.5) is 5.13 Å². The van der Waals surface area contributed by atoms with Gasteiger partial charge in [-0.1, -0.05) is 86.5 Å². The number of halogens is 3. The third-order valence-corrected chi connectivity index (χ3v) is 8.78. The number of ketones is 1. The number of aliphatic hydroxyl groups excluding tert-OH is 1. The molecule has 1 aliphatic heterocycles. The SMILES string of the molecule is O=C1C(=O)N(c2nnc(SCc3ccc(Cl)cc3)s2)C(c2ccc(Br)cc2)/C1=C(/O)c1ccc(Cl)cc1. The summed E-state index contributed by atoms with van der Waals surface area (Å²) in [5, 5.41) is 21.0. The molecule has 1 saturated heterocycles. The third kappa shape index (κ3) is 5.46. The number of amides is 1. The van der Waals surface area contributed by atoms with Gasteiger partial charge in [-0.15, -0.1) is 10.2 Å². The van der Waals surface area contributed by atoms with E-state index in [4.69, 9.17) is 23.2 Å². The monoisotopic (exact) mass is 631 g/mol. The van der Waals surface area contributed by atoms with Gasteiger partial charge in [-0.25, -0.2) is 0 Å². The normalized spacial score (nSPS) is 16.9. The first-order valence-electron chi connectivity index (χ1n) is 10.8. The zero-order valence-electron chi connectivity index (χ0n) is 18.8. The molecule has 1 aromatic heterocycles. The molecule has 5 rings (SSSR count). The number of aliphatic hydroxyl groups is 1. The quantitative estimate of drug-likeness (QED) is 0.0778. The van der Waals surface area contributed by atoms with Crippen molar-refractivity contribution in [1.29, 1.82) is 0 Å². The van der Waals surface area contributed by atoms with Crippen LogP contribution in [0.15, 0.2) is 87.2 Å². The summed E-state index contributed by atoms with van der Waals surface area (Å²) < 4.78 is 1.47. The van der Waals surface area contributed by atoms with E-state index < -0.39 is 17.7 Å². The van der Waals surface area contributed by atoms with E-state index in [0.717, 1.165) is 10.0 Å². The lowest BCUT2D eigenvalue weighted by Gasteiger charge is -2.22. The van der Waals surface area contributed by atoms with Crippen molar-refractivity contribution in [2.75, 3.05) is 4.90 Å². The van der Waals surface area contributed by atoms with Crippen molar-refractivity contribution in [2.24, 2.45) is 0 Å². The van der Waals surface area contributed by atoms with Crippen molar-refractivity contribution in [3.05, 3.63) is 110 Å². The number of carbonyl (C=O) groups excluding carboxylic acids is 2. The Bertz CT molecular complexity index is 1510. The van der Waals surface area contributed by atoms with Gasteiger partial charge < -0.3 is 5.11 Å². The summed E-state index contributed by atoms with van der Waals surface area (Å²) in [6, 6.07) is 20.2. The highest BCUT2D eigenvalue weighted by atomic mass is 79.9. The van der Waals surface area contributed by atoms with Crippen molar-refractivity contribution in [3.63, 3.8) is 0 Å². The lowest BCUT2D eigenvalue weighted by molar-refractivity contribution is -0.132. The summed E-state index contributed by atoms with van der Waals surface area (Å²) >= 11 is 18.0. The lowest BCUT2D eigenvalue weighted by atomic mass is 9.95. The standard InChI is InChI=1S/C26H16BrCl2N3O3S2/c27-17-7-3-15(4-8-17)21-20(22(33)16-5-11-19(29)12-6-16)23(34)24(35)32(21)25-30-31-26(37-25)36-13-14-1-9-18(28)10-2-14/h1-12,21,33H,13H2/b22-20-. The molecule has 0 radical (unpaired) electrons. The number of aromatic nitrogens is 2. The Morgan fingerprint density at radius 1 is 0.946 bits per heavy atom. The van der Waals surface area contributed by atoms with E-state index in [9.17, 15) is 14.7 Å². The second-order valence-electron chi connectivity index (χ2n) is 7.99.